The molecular weight excluding hydrogens is 335 g/mol. The van der Waals surface area contributed by atoms with E-state index in [2.05, 4.69) is 26.3 Å². The normalized spacial score (nSPS) is 13.5. The Bertz CT molecular complexity index is 607. The topological polar surface area (TPSA) is 29.9 Å². The molecule has 2 rings (SSSR count). The van der Waals surface area contributed by atoms with Gasteiger partial charge in [0.25, 0.3) is 0 Å². The Labute approximate surface area is 122 Å². The summed E-state index contributed by atoms with van der Waals surface area (Å²) < 4.78 is 40.5. The van der Waals surface area contributed by atoms with Crippen LogP contribution in [0.1, 0.15) is 22.7 Å². The molecule has 2 aromatic rings. The fraction of sp³-hybridized carbons (Fsp3) is 0.308. The second kappa shape index (κ2) is 5.57. The Balaban J connectivity index is 2.46. The average molecular weight is 348 g/mol. The second-order valence-electron chi connectivity index (χ2n) is 4.41. The highest BCUT2D eigenvalue weighted by molar-refractivity contribution is 9.10. The van der Waals surface area contributed by atoms with Crippen LogP contribution >= 0.6 is 15.9 Å². The van der Waals surface area contributed by atoms with Crippen LogP contribution in [0.15, 0.2) is 35.1 Å². The summed E-state index contributed by atoms with van der Waals surface area (Å²) in [5.74, 6) is 0. The van der Waals surface area contributed by atoms with Gasteiger partial charge in [0.05, 0.1) is 17.8 Å². The first-order valence-electron chi connectivity index (χ1n) is 5.85. The van der Waals surface area contributed by atoms with Crippen LogP contribution in [0.2, 0.25) is 0 Å². The van der Waals surface area contributed by atoms with Crippen molar-refractivity contribution in [2.75, 3.05) is 7.05 Å². The molecule has 1 atom stereocenters. The number of benzene rings is 1. The van der Waals surface area contributed by atoms with E-state index in [1.165, 1.54) is 6.07 Å². The molecule has 0 radical (unpaired) electrons. The third-order valence-corrected chi connectivity index (χ3v) is 3.67. The van der Waals surface area contributed by atoms with Gasteiger partial charge in [0.2, 0.25) is 0 Å². The van der Waals surface area contributed by atoms with Gasteiger partial charge in [-0.3, -0.25) is 4.68 Å². The molecule has 3 nitrogen and oxygen atoms in total. The molecule has 0 spiro atoms. The van der Waals surface area contributed by atoms with Gasteiger partial charge in [-0.05, 0) is 24.7 Å². The van der Waals surface area contributed by atoms with Crippen LogP contribution in [0.5, 0.6) is 0 Å². The summed E-state index contributed by atoms with van der Waals surface area (Å²) >= 11 is 2.94. The summed E-state index contributed by atoms with van der Waals surface area (Å²) in [5.41, 5.74) is 0.667. The molecule has 1 aromatic heterocycles. The van der Waals surface area contributed by atoms with Gasteiger partial charge in [0.15, 0.2) is 0 Å². The number of rotatable bonds is 3. The number of aromatic nitrogens is 2. The van der Waals surface area contributed by atoms with Gasteiger partial charge in [0, 0.05) is 23.3 Å². The summed E-state index contributed by atoms with van der Waals surface area (Å²) in [6.07, 6.45) is -0.977. The van der Waals surface area contributed by atoms with Crippen LogP contribution in [0.4, 0.5) is 13.2 Å². The summed E-state index contributed by atoms with van der Waals surface area (Å²) in [7, 11) is 3.46. The zero-order chi connectivity index (χ0) is 14.9. The van der Waals surface area contributed by atoms with E-state index in [-0.39, 0.29) is 10.5 Å². The highest BCUT2D eigenvalue weighted by Crippen LogP contribution is 2.37. The Morgan fingerprint density at radius 3 is 2.50 bits per heavy atom. The van der Waals surface area contributed by atoms with Crippen LogP contribution in [0.25, 0.3) is 0 Å². The SMILES string of the molecule is CNC(c1ccc(Br)c(C(F)(F)F)c1)c1cnn(C)c1. The number of nitrogens with one attached hydrogen (secondary N) is 1. The van der Waals surface area contributed by atoms with E-state index in [0.717, 1.165) is 11.6 Å². The van der Waals surface area contributed by atoms with E-state index < -0.39 is 11.7 Å². The monoisotopic (exact) mass is 347 g/mol. The molecule has 0 aliphatic carbocycles. The Morgan fingerprint density at radius 2 is 2.00 bits per heavy atom. The largest absolute Gasteiger partial charge is 0.417 e. The van der Waals surface area contributed by atoms with Crippen LogP contribution in [0, 0.1) is 0 Å². The van der Waals surface area contributed by atoms with Gasteiger partial charge in [-0.25, -0.2) is 0 Å². The molecule has 0 bridgehead atoms. The van der Waals surface area contributed by atoms with E-state index in [1.807, 2.05) is 0 Å². The van der Waals surface area contributed by atoms with E-state index in [0.29, 0.717) is 5.56 Å². The van der Waals surface area contributed by atoms with Crippen LogP contribution in [-0.4, -0.2) is 16.8 Å². The fourth-order valence-corrected chi connectivity index (χ4v) is 2.53. The minimum Gasteiger partial charge on any atom is -0.309 e. The molecule has 1 unspecified atom stereocenters. The molecule has 0 saturated carbocycles. The molecule has 0 amide bonds. The maximum Gasteiger partial charge on any atom is 0.417 e. The van der Waals surface area contributed by atoms with Crippen molar-refractivity contribution in [1.29, 1.82) is 0 Å². The lowest BCUT2D eigenvalue weighted by Gasteiger charge is -2.18. The Morgan fingerprint density at radius 1 is 1.30 bits per heavy atom. The highest BCUT2D eigenvalue weighted by Gasteiger charge is 2.33. The molecule has 1 N–H and O–H groups in total. The summed E-state index contributed by atoms with van der Waals surface area (Å²) in [5, 5.41) is 7.06. The molecule has 108 valence electrons. The lowest BCUT2D eigenvalue weighted by atomic mass is 9.99. The standard InChI is InChI=1S/C13H13BrF3N3/c1-18-12(9-6-19-20(2)7-9)8-3-4-11(14)10(5-8)13(15,16)17/h3-7,12,18H,1-2H3. The second-order valence-corrected chi connectivity index (χ2v) is 5.26. The molecule has 20 heavy (non-hydrogen) atoms. The third kappa shape index (κ3) is 3.04. The van der Waals surface area contributed by atoms with Crippen LogP contribution in [-0.2, 0) is 13.2 Å². The number of alkyl halides is 3. The molecule has 1 heterocycles. The average Bonchev–Trinajstić information content (AvgIpc) is 2.77. The lowest BCUT2D eigenvalue weighted by molar-refractivity contribution is -0.138. The zero-order valence-corrected chi connectivity index (χ0v) is 12.5. The fourth-order valence-electron chi connectivity index (χ4n) is 2.05. The molecular formula is C13H13BrF3N3. The minimum absolute atomic E-state index is 0.0368. The maximum atomic E-state index is 12.9. The summed E-state index contributed by atoms with van der Waals surface area (Å²) in [4.78, 5) is 0. The summed E-state index contributed by atoms with van der Waals surface area (Å²) in [6.45, 7) is 0. The smallest absolute Gasteiger partial charge is 0.309 e. The van der Waals surface area contributed by atoms with Crippen molar-refractivity contribution in [3.8, 4) is 0 Å². The molecule has 7 heteroatoms. The Hall–Kier alpha value is -1.34. The van der Waals surface area contributed by atoms with Crippen LogP contribution < -0.4 is 5.32 Å². The van der Waals surface area contributed by atoms with Gasteiger partial charge >= 0.3 is 6.18 Å². The summed E-state index contributed by atoms with van der Waals surface area (Å²) in [6, 6.07) is 3.89. The molecule has 0 fully saturated rings. The van der Waals surface area contributed by atoms with Gasteiger partial charge in [-0.2, -0.15) is 18.3 Å². The van der Waals surface area contributed by atoms with Crippen molar-refractivity contribution >= 4 is 15.9 Å². The van der Waals surface area contributed by atoms with Crippen molar-refractivity contribution in [2.45, 2.75) is 12.2 Å². The molecule has 1 aromatic carbocycles. The van der Waals surface area contributed by atoms with E-state index in [9.17, 15) is 13.2 Å². The molecule has 0 aliphatic rings. The number of aryl methyl sites for hydroxylation is 1. The van der Waals surface area contributed by atoms with Gasteiger partial charge in [-0.1, -0.05) is 22.0 Å². The zero-order valence-electron chi connectivity index (χ0n) is 10.9. The van der Waals surface area contributed by atoms with Crippen molar-refractivity contribution in [2.24, 2.45) is 7.05 Å². The predicted molar refractivity (Wildman–Crippen MR) is 73.3 cm³/mol. The van der Waals surface area contributed by atoms with E-state index >= 15 is 0 Å². The minimum atomic E-state index is -4.39. The molecule has 0 saturated heterocycles. The number of hydrogen-bond donors (Lipinski definition) is 1. The van der Waals surface area contributed by atoms with E-state index in [1.54, 1.807) is 37.2 Å². The van der Waals surface area contributed by atoms with Crippen molar-refractivity contribution in [3.63, 3.8) is 0 Å². The van der Waals surface area contributed by atoms with Gasteiger partial charge in [-0.15, -0.1) is 0 Å². The number of halogens is 4. The number of hydrogen-bond acceptors (Lipinski definition) is 2. The number of nitrogens with zero attached hydrogens (tertiary/aromatic N) is 2. The van der Waals surface area contributed by atoms with Gasteiger partial charge in [0.1, 0.15) is 0 Å². The van der Waals surface area contributed by atoms with Crippen molar-refractivity contribution in [1.82, 2.24) is 15.1 Å². The Kier molecular flexibility index (Phi) is 4.19. The lowest BCUT2D eigenvalue weighted by Crippen LogP contribution is -2.18. The quantitative estimate of drug-likeness (QED) is 0.920. The van der Waals surface area contributed by atoms with Crippen molar-refractivity contribution < 1.29 is 13.2 Å². The van der Waals surface area contributed by atoms with Crippen molar-refractivity contribution in [3.05, 3.63) is 51.8 Å². The highest BCUT2D eigenvalue weighted by atomic mass is 79.9. The van der Waals surface area contributed by atoms with Gasteiger partial charge < -0.3 is 5.32 Å². The first-order chi connectivity index (χ1) is 9.32. The first kappa shape index (κ1) is 15.1. The maximum absolute atomic E-state index is 12.9. The predicted octanol–water partition coefficient (Wildman–Crippen LogP) is 3.51. The van der Waals surface area contributed by atoms with Crippen LogP contribution in [0.3, 0.4) is 0 Å². The third-order valence-electron chi connectivity index (χ3n) is 2.98. The van der Waals surface area contributed by atoms with E-state index in [4.69, 9.17) is 0 Å². The molecule has 0 aliphatic heterocycles. The first-order valence-corrected chi connectivity index (χ1v) is 6.64.